The van der Waals surface area contributed by atoms with Crippen LogP contribution in [0.1, 0.15) is 26.3 Å². The molecule has 1 amide bonds. The summed E-state index contributed by atoms with van der Waals surface area (Å²) < 4.78 is 10.3. The molecule has 138 valence electrons. The quantitative estimate of drug-likeness (QED) is 0.782. The molecule has 0 spiro atoms. The average Bonchev–Trinajstić information content (AvgIpc) is 2.58. The van der Waals surface area contributed by atoms with Crippen molar-refractivity contribution in [1.82, 2.24) is 9.80 Å². The zero-order valence-electron chi connectivity index (χ0n) is 15.5. The summed E-state index contributed by atoms with van der Waals surface area (Å²) in [6, 6.07) is 9.59. The van der Waals surface area contributed by atoms with Crippen molar-refractivity contribution in [3.63, 3.8) is 0 Å². The van der Waals surface area contributed by atoms with E-state index in [1.165, 1.54) is 17.6 Å². The van der Waals surface area contributed by atoms with E-state index >= 15 is 0 Å². The molecule has 1 aliphatic heterocycles. The fourth-order valence-corrected chi connectivity index (χ4v) is 2.85. The SMILES string of the molecule is COC(=O)[C@@H]1CN(CCc2ccccc2)CCN1C(=O)OC(C)(C)C. The first-order valence-electron chi connectivity index (χ1n) is 8.64. The van der Waals surface area contributed by atoms with Crippen LogP contribution < -0.4 is 0 Å². The van der Waals surface area contributed by atoms with E-state index in [0.29, 0.717) is 19.6 Å². The number of esters is 1. The number of amides is 1. The van der Waals surface area contributed by atoms with Gasteiger partial charge in [-0.05, 0) is 32.8 Å². The third-order valence-electron chi connectivity index (χ3n) is 4.13. The normalized spacial score (nSPS) is 18.7. The van der Waals surface area contributed by atoms with Crippen LogP contribution in [0.25, 0.3) is 0 Å². The average molecular weight is 348 g/mol. The summed E-state index contributed by atoms with van der Waals surface area (Å²) in [6.45, 7) is 7.89. The standard InChI is InChI=1S/C19H28N2O4/c1-19(2,3)25-18(23)21-13-12-20(14-16(21)17(22)24-4)11-10-15-8-6-5-7-9-15/h5-9,16H,10-14H2,1-4H3/t16-/m0/s1. The highest BCUT2D eigenvalue weighted by Crippen LogP contribution is 2.17. The summed E-state index contributed by atoms with van der Waals surface area (Å²) in [5, 5.41) is 0. The van der Waals surface area contributed by atoms with Crippen LogP contribution in [0.4, 0.5) is 4.79 Å². The van der Waals surface area contributed by atoms with Gasteiger partial charge in [-0.25, -0.2) is 9.59 Å². The van der Waals surface area contributed by atoms with Crippen LogP contribution in [0, 0.1) is 0 Å². The number of methoxy groups -OCH3 is 1. The van der Waals surface area contributed by atoms with Gasteiger partial charge in [-0.15, -0.1) is 0 Å². The van der Waals surface area contributed by atoms with Crippen LogP contribution in [0.2, 0.25) is 0 Å². The number of hydrogen-bond donors (Lipinski definition) is 0. The van der Waals surface area contributed by atoms with Crippen molar-refractivity contribution in [2.24, 2.45) is 0 Å². The van der Waals surface area contributed by atoms with Crippen molar-refractivity contribution in [2.45, 2.75) is 38.8 Å². The van der Waals surface area contributed by atoms with E-state index in [1.807, 2.05) is 39.0 Å². The number of piperazine rings is 1. The highest BCUT2D eigenvalue weighted by atomic mass is 16.6. The number of rotatable bonds is 4. The molecule has 0 unspecified atom stereocenters. The Morgan fingerprint density at radius 2 is 1.84 bits per heavy atom. The van der Waals surface area contributed by atoms with E-state index in [1.54, 1.807) is 0 Å². The molecule has 6 heteroatoms. The van der Waals surface area contributed by atoms with Crippen molar-refractivity contribution in [1.29, 1.82) is 0 Å². The summed E-state index contributed by atoms with van der Waals surface area (Å²) in [4.78, 5) is 28.2. The van der Waals surface area contributed by atoms with Gasteiger partial charge in [0.05, 0.1) is 7.11 Å². The Balaban J connectivity index is 1.99. The third kappa shape index (κ3) is 5.74. The summed E-state index contributed by atoms with van der Waals surface area (Å²) in [5.41, 5.74) is 0.661. The third-order valence-corrected chi connectivity index (χ3v) is 4.13. The Hall–Kier alpha value is -2.08. The van der Waals surface area contributed by atoms with Crippen molar-refractivity contribution in [3.05, 3.63) is 35.9 Å². The molecule has 2 rings (SSSR count). The summed E-state index contributed by atoms with van der Waals surface area (Å²) in [7, 11) is 1.35. The molecule has 25 heavy (non-hydrogen) atoms. The van der Waals surface area contributed by atoms with Gasteiger partial charge < -0.3 is 9.47 Å². The lowest BCUT2D eigenvalue weighted by Crippen LogP contribution is -2.59. The molecular weight excluding hydrogens is 320 g/mol. The maximum atomic E-state index is 12.4. The van der Waals surface area contributed by atoms with Gasteiger partial charge in [0.2, 0.25) is 0 Å². The van der Waals surface area contributed by atoms with Crippen molar-refractivity contribution in [3.8, 4) is 0 Å². The van der Waals surface area contributed by atoms with E-state index in [9.17, 15) is 9.59 Å². The Labute approximate surface area is 149 Å². The predicted molar refractivity (Wildman–Crippen MR) is 95.3 cm³/mol. The van der Waals surface area contributed by atoms with Crippen LogP contribution in [-0.4, -0.2) is 66.8 Å². The minimum Gasteiger partial charge on any atom is -0.467 e. The Morgan fingerprint density at radius 1 is 1.16 bits per heavy atom. The van der Waals surface area contributed by atoms with Gasteiger partial charge in [0.1, 0.15) is 11.6 Å². The zero-order chi connectivity index (χ0) is 18.4. The van der Waals surface area contributed by atoms with Gasteiger partial charge >= 0.3 is 12.1 Å². The maximum Gasteiger partial charge on any atom is 0.411 e. The van der Waals surface area contributed by atoms with Gasteiger partial charge in [-0.1, -0.05) is 30.3 Å². The number of nitrogens with zero attached hydrogens (tertiary/aromatic N) is 2. The summed E-state index contributed by atoms with van der Waals surface area (Å²) >= 11 is 0. The molecule has 6 nitrogen and oxygen atoms in total. The Morgan fingerprint density at radius 3 is 2.44 bits per heavy atom. The van der Waals surface area contributed by atoms with Gasteiger partial charge in [0.25, 0.3) is 0 Å². The monoisotopic (exact) mass is 348 g/mol. The fourth-order valence-electron chi connectivity index (χ4n) is 2.85. The smallest absolute Gasteiger partial charge is 0.411 e. The summed E-state index contributed by atoms with van der Waals surface area (Å²) in [6.07, 6.45) is 0.437. The predicted octanol–water partition coefficient (Wildman–Crippen LogP) is 2.32. The molecule has 0 aliphatic carbocycles. The van der Waals surface area contributed by atoms with E-state index in [0.717, 1.165) is 13.0 Å². The second kappa shape index (κ2) is 8.34. The molecule has 1 aromatic rings. The molecule has 1 fully saturated rings. The maximum absolute atomic E-state index is 12.4. The van der Waals surface area contributed by atoms with Crippen LogP contribution >= 0.6 is 0 Å². The summed E-state index contributed by atoms with van der Waals surface area (Å²) in [5.74, 6) is -0.407. The lowest BCUT2D eigenvalue weighted by Gasteiger charge is -2.40. The Bertz CT molecular complexity index is 583. The van der Waals surface area contributed by atoms with Crippen molar-refractivity contribution < 1.29 is 19.1 Å². The number of carbonyl (C=O) groups is 2. The lowest BCUT2D eigenvalue weighted by molar-refractivity contribution is -0.149. The first-order valence-corrected chi connectivity index (χ1v) is 8.64. The van der Waals surface area contributed by atoms with Crippen LogP contribution in [-0.2, 0) is 20.7 Å². The molecule has 1 atom stereocenters. The number of benzene rings is 1. The minimum absolute atomic E-state index is 0.407. The van der Waals surface area contributed by atoms with E-state index in [-0.39, 0.29) is 0 Å². The van der Waals surface area contributed by atoms with Crippen molar-refractivity contribution >= 4 is 12.1 Å². The van der Waals surface area contributed by atoms with Crippen LogP contribution in [0.5, 0.6) is 0 Å². The molecule has 0 radical (unpaired) electrons. The van der Waals surface area contributed by atoms with E-state index < -0.39 is 23.7 Å². The van der Waals surface area contributed by atoms with Gasteiger partial charge in [-0.2, -0.15) is 0 Å². The van der Waals surface area contributed by atoms with Gasteiger partial charge in [0, 0.05) is 26.2 Å². The number of carbonyl (C=O) groups excluding carboxylic acids is 2. The largest absolute Gasteiger partial charge is 0.467 e. The van der Waals surface area contributed by atoms with Crippen molar-refractivity contribution in [2.75, 3.05) is 33.3 Å². The molecule has 1 heterocycles. The molecule has 1 aliphatic rings. The second-order valence-electron chi connectivity index (χ2n) is 7.25. The molecular formula is C19H28N2O4. The van der Waals surface area contributed by atoms with Gasteiger partial charge in [0.15, 0.2) is 0 Å². The second-order valence-corrected chi connectivity index (χ2v) is 7.25. The molecule has 1 aromatic carbocycles. The molecule has 0 saturated carbocycles. The molecule has 0 aromatic heterocycles. The minimum atomic E-state index is -0.635. The van der Waals surface area contributed by atoms with E-state index in [4.69, 9.17) is 9.47 Å². The Kier molecular flexibility index (Phi) is 6.42. The fraction of sp³-hybridized carbons (Fsp3) is 0.579. The van der Waals surface area contributed by atoms with Gasteiger partial charge in [-0.3, -0.25) is 9.80 Å². The first kappa shape index (κ1) is 19.2. The highest BCUT2D eigenvalue weighted by molar-refractivity contribution is 5.82. The topological polar surface area (TPSA) is 59.1 Å². The van der Waals surface area contributed by atoms with E-state index in [2.05, 4.69) is 17.0 Å². The molecule has 0 bridgehead atoms. The lowest BCUT2D eigenvalue weighted by atomic mass is 10.1. The number of ether oxygens (including phenoxy) is 2. The number of hydrogen-bond acceptors (Lipinski definition) is 5. The molecule has 1 saturated heterocycles. The first-order chi connectivity index (χ1) is 11.8. The zero-order valence-corrected chi connectivity index (χ0v) is 15.5. The highest BCUT2D eigenvalue weighted by Gasteiger charge is 2.38. The van der Waals surface area contributed by atoms with Crippen LogP contribution in [0.3, 0.4) is 0 Å². The van der Waals surface area contributed by atoms with Crippen LogP contribution in [0.15, 0.2) is 30.3 Å². The molecule has 0 N–H and O–H groups in total.